The number of carbonyl (C=O) groups is 1. The van der Waals surface area contributed by atoms with Gasteiger partial charge in [-0.25, -0.2) is 14.8 Å². The Morgan fingerprint density at radius 3 is 2.45 bits per heavy atom. The molecule has 1 fully saturated rings. The van der Waals surface area contributed by atoms with Crippen LogP contribution in [0.15, 0.2) is 18.5 Å². The number of ether oxygens (including phenoxy) is 3. The maximum Gasteiger partial charge on any atom is 0.410 e. The molecule has 1 aliphatic rings. The molecule has 7 nitrogen and oxygen atoms in total. The van der Waals surface area contributed by atoms with Gasteiger partial charge in [-0.1, -0.05) is 11.6 Å². The topological polar surface area (TPSA) is 73.8 Å². The predicted octanol–water partition coefficient (Wildman–Crippen LogP) is 4.85. The van der Waals surface area contributed by atoms with Gasteiger partial charge in [-0.3, -0.25) is 0 Å². The van der Waals surface area contributed by atoms with Crippen LogP contribution in [-0.4, -0.2) is 52.9 Å². The van der Waals surface area contributed by atoms with E-state index in [1.165, 1.54) is 6.33 Å². The number of carbonyl (C=O) groups excluding carboxylic acids is 1. The zero-order valence-electron chi connectivity index (χ0n) is 17.6. The van der Waals surface area contributed by atoms with E-state index >= 15 is 0 Å². The van der Waals surface area contributed by atoms with Gasteiger partial charge in [0.15, 0.2) is 11.5 Å². The van der Waals surface area contributed by atoms with Gasteiger partial charge in [-0.15, -0.1) is 0 Å². The normalized spacial score (nSPS) is 19.7. The largest absolute Gasteiger partial charge is 0.493 e. The molecule has 0 N–H and O–H groups in total. The molecule has 1 amide bonds. The van der Waals surface area contributed by atoms with Crippen molar-refractivity contribution in [2.24, 2.45) is 0 Å². The third kappa shape index (κ3) is 5.21. The van der Waals surface area contributed by atoms with E-state index in [0.29, 0.717) is 22.2 Å². The molecule has 0 unspecified atom stereocenters. The molecular formula is C21H28ClN3O4. The molecule has 0 spiro atoms. The minimum Gasteiger partial charge on any atom is -0.493 e. The van der Waals surface area contributed by atoms with Crippen molar-refractivity contribution in [2.75, 3.05) is 14.2 Å². The monoisotopic (exact) mass is 421 g/mol. The Hall–Kier alpha value is -2.28. The first-order valence-corrected chi connectivity index (χ1v) is 10.2. The molecule has 29 heavy (non-hydrogen) atoms. The Labute approximate surface area is 176 Å². The molecule has 2 aromatic rings. The van der Waals surface area contributed by atoms with Crippen molar-refractivity contribution in [3.05, 3.63) is 23.6 Å². The summed E-state index contributed by atoms with van der Waals surface area (Å²) < 4.78 is 17.2. The quantitative estimate of drug-likeness (QED) is 0.657. The van der Waals surface area contributed by atoms with Gasteiger partial charge in [0.2, 0.25) is 0 Å². The average Bonchev–Trinajstić information content (AvgIpc) is 2.67. The third-order valence-electron chi connectivity index (χ3n) is 5.04. The standard InChI is InChI=1S/C21H28ClN3O4/c1-21(2,3)29-20(26)25(4)13-6-8-14(9-7-13)28-18-10-15-16(11-17(18)27-5)23-12-24-19(15)22/h10-14H,6-9H2,1-5H3. The van der Waals surface area contributed by atoms with Crippen molar-refractivity contribution < 1.29 is 19.0 Å². The van der Waals surface area contributed by atoms with Gasteiger partial charge < -0.3 is 19.1 Å². The Kier molecular flexibility index (Phi) is 6.36. The molecule has 158 valence electrons. The van der Waals surface area contributed by atoms with Crippen LogP contribution in [0.3, 0.4) is 0 Å². The number of rotatable bonds is 4. The van der Waals surface area contributed by atoms with E-state index in [1.807, 2.05) is 26.8 Å². The van der Waals surface area contributed by atoms with Gasteiger partial charge >= 0.3 is 6.09 Å². The summed E-state index contributed by atoms with van der Waals surface area (Å²) in [5, 5.41) is 1.11. The summed E-state index contributed by atoms with van der Waals surface area (Å²) in [5.41, 5.74) is 0.209. The van der Waals surface area contributed by atoms with Crippen molar-refractivity contribution in [2.45, 2.75) is 64.2 Å². The Balaban J connectivity index is 1.65. The molecule has 1 saturated carbocycles. The van der Waals surface area contributed by atoms with Gasteiger partial charge in [-0.05, 0) is 52.5 Å². The van der Waals surface area contributed by atoms with Crippen LogP contribution in [0.1, 0.15) is 46.5 Å². The number of hydrogen-bond donors (Lipinski definition) is 0. The number of hydrogen-bond acceptors (Lipinski definition) is 6. The van der Waals surface area contributed by atoms with Gasteiger partial charge in [0.05, 0.1) is 18.7 Å². The SMILES string of the molecule is COc1cc2ncnc(Cl)c2cc1OC1CCC(N(C)C(=O)OC(C)(C)C)CC1. The summed E-state index contributed by atoms with van der Waals surface area (Å²) in [6.45, 7) is 5.62. The zero-order chi connectivity index (χ0) is 21.2. The third-order valence-corrected chi connectivity index (χ3v) is 5.34. The van der Waals surface area contributed by atoms with E-state index in [0.717, 1.165) is 31.1 Å². The molecule has 0 saturated heterocycles. The van der Waals surface area contributed by atoms with Crippen LogP contribution >= 0.6 is 11.6 Å². The number of nitrogens with zero attached hydrogens (tertiary/aromatic N) is 3. The lowest BCUT2D eigenvalue weighted by Gasteiger charge is -2.35. The first-order valence-electron chi connectivity index (χ1n) is 9.78. The predicted molar refractivity (Wildman–Crippen MR) is 112 cm³/mol. The maximum absolute atomic E-state index is 12.3. The molecule has 0 atom stereocenters. The Morgan fingerprint density at radius 2 is 1.83 bits per heavy atom. The van der Waals surface area contributed by atoms with Gasteiger partial charge in [0.1, 0.15) is 17.1 Å². The molecule has 0 bridgehead atoms. The summed E-state index contributed by atoms with van der Waals surface area (Å²) in [7, 11) is 3.40. The molecular weight excluding hydrogens is 394 g/mol. The molecule has 1 aliphatic carbocycles. The van der Waals surface area contributed by atoms with E-state index in [2.05, 4.69) is 9.97 Å². The smallest absolute Gasteiger partial charge is 0.410 e. The maximum atomic E-state index is 12.3. The minimum atomic E-state index is -0.497. The fourth-order valence-corrected chi connectivity index (χ4v) is 3.69. The summed E-state index contributed by atoms with van der Waals surface area (Å²) in [5.74, 6) is 1.24. The molecule has 0 aliphatic heterocycles. The van der Waals surface area contributed by atoms with E-state index in [9.17, 15) is 4.79 Å². The highest BCUT2D eigenvalue weighted by Gasteiger charge is 2.30. The van der Waals surface area contributed by atoms with Crippen LogP contribution in [-0.2, 0) is 4.74 Å². The van der Waals surface area contributed by atoms with Crippen LogP contribution in [0, 0.1) is 0 Å². The van der Waals surface area contributed by atoms with Crippen LogP contribution in [0.5, 0.6) is 11.5 Å². The van der Waals surface area contributed by atoms with Crippen molar-refractivity contribution in [1.29, 1.82) is 0 Å². The molecule has 0 radical (unpaired) electrons. The lowest BCUT2D eigenvalue weighted by molar-refractivity contribution is 0.0138. The van der Waals surface area contributed by atoms with Crippen molar-refractivity contribution in [3.63, 3.8) is 0 Å². The number of amides is 1. The van der Waals surface area contributed by atoms with Crippen LogP contribution in [0.2, 0.25) is 5.15 Å². The van der Waals surface area contributed by atoms with E-state index in [4.69, 9.17) is 25.8 Å². The molecule has 1 aromatic carbocycles. The second kappa shape index (κ2) is 8.61. The lowest BCUT2D eigenvalue weighted by atomic mass is 9.92. The summed E-state index contributed by atoms with van der Waals surface area (Å²) in [6.07, 6.45) is 4.53. The fraction of sp³-hybridized carbons (Fsp3) is 0.571. The average molecular weight is 422 g/mol. The van der Waals surface area contributed by atoms with Gasteiger partial charge in [0.25, 0.3) is 0 Å². The highest BCUT2D eigenvalue weighted by atomic mass is 35.5. The van der Waals surface area contributed by atoms with Crippen LogP contribution in [0.4, 0.5) is 4.79 Å². The minimum absolute atomic E-state index is 0.0352. The van der Waals surface area contributed by atoms with Crippen molar-refractivity contribution >= 4 is 28.6 Å². The molecule has 8 heteroatoms. The van der Waals surface area contributed by atoms with Crippen LogP contribution in [0.25, 0.3) is 10.9 Å². The molecule has 1 aromatic heterocycles. The summed E-state index contributed by atoms with van der Waals surface area (Å²) in [4.78, 5) is 22.3. The second-order valence-electron chi connectivity index (χ2n) is 8.32. The number of fused-ring (bicyclic) bond motifs is 1. The number of halogens is 1. The van der Waals surface area contributed by atoms with Crippen LogP contribution < -0.4 is 9.47 Å². The molecule has 1 heterocycles. The van der Waals surface area contributed by atoms with Crippen molar-refractivity contribution in [3.8, 4) is 11.5 Å². The number of aromatic nitrogens is 2. The second-order valence-corrected chi connectivity index (χ2v) is 8.68. The Morgan fingerprint density at radius 1 is 1.14 bits per heavy atom. The zero-order valence-corrected chi connectivity index (χ0v) is 18.3. The summed E-state index contributed by atoms with van der Waals surface area (Å²) in [6, 6.07) is 3.78. The van der Waals surface area contributed by atoms with E-state index in [1.54, 1.807) is 25.1 Å². The Bertz CT molecular complexity index is 876. The van der Waals surface area contributed by atoms with Gasteiger partial charge in [0, 0.05) is 24.5 Å². The summed E-state index contributed by atoms with van der Waals surface area (Å²) >= 11 is 6.20. The number of methoxy groups -OCH3 is 1. The van der Waals surface area contributed by atoms with Crippen molar-refractivity contribution in [1.82, 2.24) is 14.9 Å². The number of benzene rings is 1. The first-order chi connectivity index (χ1) is 13.7. The highest BCUT2D eigenvalue weighted by Crippen LogP contribution is 2.36. The lowest BCUT2D eigenvalue weighted by Crippen LogP contribution is -2.43. The van der Waals surface area contributed by atoms with E-state index in [-0.39, 0.29) is 18.2 Å². The fourth-order valence-electron chi connectivity index (χ4n) is 3.50. The van der Waals surface area contributed by atoms with Gasteiger partial charge in [-0.2, -0.15) is 0 Å². The highest BCUT2D eigenvalue weighted by molar-refractivity contribution is 6.34. The first kappa shape index (κ1) is 21.4. The van der Waals surface area contributed by atoms with E-state index < -0.39 is 5.60 Å². The molecule has 3 rings (SSSR count).